The minimum Gasteiger partial charge on any atom is -0.395 e. The second-order valence-corrected chi connectivity index (χ2v) is 4.24. The van der Waals surface area contributed by atoms with E-state index in [1.165, 1.54) is 19.4 Å². The van der Waals surface area contributed by atoms with E-state index in [0.717, 1.165) is 13.1 Å². The molecule has 1 aliphatic rings. The molecule has 1 fully saturated rings. The maximum absolute atomic E-state index is 8.87. The molecule has 0 amide bonds. The van der Waals surface area contributed by atoms with E-state index in [1.54, 1.807) is 0 Å². The van der Waals surface area contributed by atoms with Crippen molar-refractivity contribution in [2.75, 3.05) is 39.9 Å². The first-order valence-electron chi connectivity index (χ1n) is 5.40. The molecule has 14 heavy (non-hydrogen) atoms. The van der Waals surface area contributed by atoms with Crippen molar-refractivity contribution < 1.29 is 10.2 Å². The van der Waals surface area contributed by atoms with Crippen LogP contribution in [0.5, 0.6) is 0 Å². The van der Waals surface area contributed by atoms with Gasteiger partial charge in [-0.1, -0.05) is 0 Å². The van der Waals surface area contributed by atoms with E-state index in [9.17, 15) is 0 Å². The molecule has 4 nitrogen and oxygen atoms in total. The third-order valence-electron chi connectivity index (χ3n) is 2.86. The zero-order valence-electron chi connectivity index (χ0n) is 8.95. The third-order valence-corrected chi connectivity index (χ3v) is 2.86. The van der Waals surface area contributed by atoms with Crippen LogP contribution >= 0.6 is 0 Å². The van der Waals surface area contributed by atoms with Gasteiger partial charge in [-0.3, -0.25) is 0 Å². The summed E-state index contributed by atoms with van der Waals surface area (Å²) < 4.78 is 0. The summed E-state index contributed by atoms with van der Waals surface area (Å²) in [7, 11) is 2.14. The van der Waals surface area contributed by atoms with E-state index in [-0.39, 0.29) is 19.3 Å². The zero-order chi connectivity index (χ0) is 10.4. The summed E-state index contributed by atoms with van der Waals surface area (Å²) in [6.07, 6.45) is 2.51. The van der Waals surface area contributed by atoms with Gasteiger partial charge in [0.05, 0.1) is 19.3 Å². The molecular weight excluding hydrogens is 180 g/mol. The molecule has 1 heterocycles. The Balaban J connectivity index is 2.16. The van der Waals surface area contributed by atoms with Crippen molar-refractivity contribution in [3.05, 3.63) is 0 Å². The molecule has 0 aliphatic carbocycles. The highest BCUT2D eigenvalue weighted by atomic mass is 16.3. The zero-order valence-corrected chi connectivity index (χ0v) is 8.95. The van der Waals surface area contributed by atoms with Gasteiger partial charge in [0.25, 0.3) is 0 Å². The van der Waals surface area contributed by atoms with Gasteiger partial charge >= 0.3 is 0 Å². The summed E-state index contributed by atoms with van der Waals surface area (Å²) in [6.45, 7) is 3.24. The Labute approximate surface area is 85.9 Å². The Kier molecular flexibility index (Phi) is 5.40. The van der Waals surface area contributed by atoms with E-state index in [2.05, 4.69) is 17.3 Å². The van der Waals surface area contributed by atoms with Crippen LogP contribution in [0.3, 0.4) is 0 Å². The number of rotatable bonds is 5. The minimum absolute atomic E-state index is 0.0130. The predicted octanol–water partition coefficient (Wildman–Crippen LogP) is -0.729. The largest absolute Gasteiger partial charge is 0.395 e. The number of nitrogens with zero attached hydrogens (tertiary/aromatic N) is 1. The van der Waals surface area contributed by atoms with Gasteiger partial charge in [0, 0.05) is 6.54 Å². The van der Waals surface area contributed by atoms with Crippen molar-refractivity contribution in [1.82, 2.24) is 10.2 Å². The Morgan fingerprint density at radius 2 is 2.14 bits per heavy atom. The summed E-state index contributed by atoms with van der Waals surface area (Å²) in [6, 6.07) is -0.151. The molecule has 1 saturated heterocycles. The monoisotopic (exact) mass is 202 g/mol. The van der Waals surface area contributed by atoms with E-state index in [1.807, 2.05) is 0 Å². The molecule has 4 heteroatoms. The van der Waals surface area contributed by atoms with Gasteiger partial charge < -0.3 is 20.4 Å². The number of nitrogens with one attached hydrogen (secondary N) is 1. The molecular formula is C10H22N2O2. The van der Waals surface area contributed by atoms with Crippen molar-refractivity contribution in [2.45, 2.75) is 18.9 Å². The van der Waals surface area contributed by atoms with Crippen molar-refractivity contribution in [2.24, 2.45) is 5.92 Å². The maximum atomic E-state index is 8.87. The quantitative estimate of drug-likeness (QED) is 0.550. The summed E-state index contributed by atoms with van der Waals surface area (Å²) in [5.41, 5.74) is 0. The Morgan fingerprint density at radius 3 is 2.71 bits per heavy atom. The number of aliphatic hydroxyl groups excluding tert-OH is 2. The highest BCUT2D eigenvalue weighted by Crippen LogP contribution is 2.13. The van der Waals surface area contributed by atoms with E-state index in [4.69, 9.17) is 10.2 Å². The lowest BCUT2D eigenvalue weighted by Crippen LogP contribution is -2.43. The molecule has 0 radical (unpaired) electrons. The highest BCUT2D eigenvalue weighted by Gasteiger charge is 2.17. The molecule has 0 aromatic heterocycles. The van der Waals surface area contributed by atoms with Crippen LogP contribution < -0.4 is 5.32 Å². The first-order valence-corrected chi connectivity index (χ1v) is 5.40. The van der Waals surface area contributed by atoms with Gasteiger partial charge in [0.1, 0.15) is 0 Å². The van der Waals surface area contributed by atoms with Gasteiger partial charge in [-0.05, 0) is 38.9 Å². The fourth-order valence-electron chi connectivity index (χ4n) is 1.96. The van der Waals surface area contributed by atoms with Gasteiger partial charge in [0.2, 0.25) is 0 Å². The average Bonchev–Trinajstić information content (AvgIpc) is 2.19. The number of aliphatic hydroxyl groups is 2. The van der Waals surface area contributed by atoms with Crippen LogP contribution in [-0.2, 0) is 0 Å². The smallest absolute Gasteiger partial charge is 0.0607 e. The Hall–Kier alpha value is -0.160. The van der Waals surface area contributed by atoms with Crippen LogP contribution in [0.1, 0.15) is 12.8 Å². The standard InChI is InChI=1S/C10H22N2O2/c1-12-4-2-3-9(6-12)5-11-10(7-13)8-14/h9-11,13-14H,2-8H2,1H3. The number of hydrogen-bond donors (Lipinski definition) is 3. The molecule has 3 N–H and O–H groups in total. The molecule has 84 valence electrons. The first kappa shape index (κ1) is 11.9. The van der Waals surface area contributed by atoms with Gasteiger partial charge in [0.15, 0.2) is 0 Å². The summed E-state index contributed by atoms with van der Waals surface area (Å²) in [4.78, 5) is 2.34. The van der Waals surface area contributed by atoms with Crippen LogP contribution in [0.2, 0.25) is 0 Å². The van der Waals surface area contributed by atoms with Gasteiger partial charge in [-0.2, -0.15) is 0 Å². The maximum Gasteiger partial charge on any atom is 0.0607 e. The predicted molar refractivity (Wildman–Crippen MR) is 56.2 cm³/mol. The molecule has 1 atom stereocenters. The summed E-state index contributed by atoms with van der Waals surface area (Å²) in [5, 5.41) is 20.9. The molecule has 1 rings (SSSR count). The Morgan fingerprint density at radius 1 is 1.43 bits per heavy atom. The van der Waals surface area contributed by atoms with Crippen molar-refractivity contribution >= 4 is 0 Å². The lowest BCUT2D eigenvalue weighted by molar-refractivity contribution is 0.153. The fourth-order valence-corrected chi connectivity index (χ4v) is 1.96. The van der Waals surface area contributed by atoms with Crippen LogP contribution in [-0.4, -0.2) is 61.1 Å². The molecule has 1 unspecified atom stereocenters. The number of hydrogen-bond acceptors (Lipinski definition) is 4. The third kappa shape index (κ3) is 3.92. The van der Waals surface area contributed by atoms with E-state index in [0.29, 0.717) is 5.92 Å². The molecule has 1 aliphatic heterocycles. The van der Waals surface area contributed by atoms with E-state index >= 15 is 0 Å². The molecule has 0 aromatic rings. The van der Waals surface area contributed by atoms with Crippen molar-refractivity contribution in [1.29, 1.82) is 0 Å². The minimum atomic E-state index is -0.151. The van der Waals surface area contributed by atoms with E-state index < -0.39 is 0 Å². The highest BCUT2D eigenvalue weighted by molar-refractivity contribution is 4.74. The molecule has 0 saturated carbocycles. The Bertz CT molecular complexity index is 151. The first-order chi connectivity index (χ1) is 6.76. The second-order valence-electron chi connectivity index (χ2n) is 4.24. The summed E-state index contributed by atoms with van der Waals surface area (Å²) >= 11 is 0. The lowest BCUT2D eigenvalue weighted by Gasteiger charge is -2.30. The van der Waals surface area contributed by atoms with Crippen LogP contribution in [0, 0.1) is 5.92 Å². The average molecular weight is 202 g/mol. The second kappa shape index (κ2) is 6.35. The molecule has 0 bridgehead atoms. The van der Waals surface area contributed by atoms with Gasteiger partial charge in [-0.25, -0.2) is 0 Å². The topological polar surface area (TPSA) is 55.7 Å². The summed E-state index contributed by atoms with van der Waals surface area (Å²) in [5.74, 6) is 0.661. The van der Waals surface area contributed by atoms with Crippen LogP contribution in [0.15, 0.2) is 0 Å². The van der Waals surface area contributed by atoms with Crippen molar-refractivity contribution in [3.63, 3.8) is 0 Å². The molecule has 0 aromatic carbocycles. The van der Waals surface area contributed by atoms with Crippen LogP contribution in [0.4, 0.5) is 0 Å². The lowest BCUT2D eigenvalue weighted by atomic mass is 9.98. The number of likely N-dealkylation sites (tertiary alicyclic amines) is 1. The SMILES string of the molecule is CN1CCCC(CNC(CO)CO)C1. The normalized spacial score (nSPS) is 24.4. The fraction of sp³-hybridized carbons (Fsp3) is 1.00. The number of piperidine rings is 1. The van der Waals surface area contributed by atoms with Gasteiger partial charge in [-0.15, -0.1) is 0 Å². The van der Waals surface area contributed by atoms with Crippen molar-refractivity contribution in [3.8, 4) is 0 Å². The van der Waals surface area contributed by atoms with Crippen LogP contribution in [0.25, 0.3) is 0 Å². The molecule has 0 spiro atoms.